The van der Waals surface area contributed by atoms with Gasteiger partial charge in [-0.2, -0.15) is 0 Å². The number of rotatable bonds is 4. The van der Waals surface area contributed by atoms with Crippen molar-refractivity contribution in [2.24, 2.45) is 0 Å². The van der Waals surface area contributed by atoms with Crippen LogP contribution in [0.1, 0.15) is 11.3 Å². The van der Waals surface area contributed by atoms with Gasteiger partial charge in [-0.25, -0.2) is 4.68 Å². The van der Waals surface area contributed by atoms with E-state index in [-0.39, 0.29) is 18.1 Å². The average molecular weight is 332 g/mol. The molecule has 0 N–H and O–H groups in total. The van der Waals surface area contributed by atoms with Gasteiger partial charge in [0.2, 0.25) is 0 Å². The molecule has 0 bridgehead atoms. The first-order valence-corrected chi connectivity index (χ1v) is 6.30. The quantitative estimate of drug-likeness (QED) is 0.490. The van der Waals surface area contributed by atoms with Crippen LogP contribution in [0.5, 0.6) is 0 Å². The zero-order chi connectivity index (χ0) is 13.1. The minimum absolute atomic E-state index is 0.0484. The smallest absolute Gasteiger partial charge is 0.258 e. The molecule has 0 unspecified atom stereocenters. The number of hydrogen-bond acceptors (Lipinski definition) is 4. The fraction of sp³-hybridized carbons (Fsp3) is 0.200. The molecule has 0 saturated heterocycles. The van der Waals surface area contributed by atoms with Crippen LogP contribution in [0.2, 0.25) is 0 Å². The van der Waals surface area contributed by atoms with Crippen LogP contribution >= 0.6 is 27.5 Å². The molecule has 94 valence electrons. The summed E-state index contributed by atoms with van der Waals surface area (Å²) in [5.74, 6) is 0.266. The van der Waals surface area contributed by atoms with Gasteiger partial charge in [0.1, 0.15) is 0 Å². The maximum Gasteiger partial charge on any atom is 0.275 e. The van der Waals surface area contributed by atoms with Gasteiger partial charge in [-0.05, 0) is 12.1 Å². The van der Waals surface area contributed by atoms with Crippen molar-refractivity contribution in [3.05, 3.63) is 50.2 Å². The van der Waals surface area contributed by atoms with Crippen molar-refractivity contribution in [3.8, 4) is 0 Å². The largest absolute Gasteiger partial charge is 0.275 e. The standard InChI is InChI=1S/C10H8BrClN4O2/c11-8-2-1-7(10(3-8)16(17)18)5-15-6-9(4-12)13-14-15/h1-3,6H,4-5H2. The molecular formula is C10H8BrClN4O2. The third-order valence-electron chi connectivity index (χ3n) is 2.30. The van der Waals surface area contributed by atoms with Crippen LogP contribution in [0.25, 0.3) is 0 Å². The van der Waals surface area contributed by atoms with E-state index in [9.17, 15) is 10.1 Å². The summed E-state index contributed by atoms with van der Waals surface area (Å²) in [5.41, 5.74) is 1.25. The van der Waals surface area contributed by atoms with Crippen LogP contribution in [-0.4, -0.2) is 19.9 Å². The van der Waals surface area contributed by atoms with E-state index >= 15 is 0 Å². The second kappa shape index (κ2) is 5.45. The highest BCUT2D eigenvalue weighted by atomic mass is 79.9. The van der Waals surface area contributed by atoms with E-state index in [1.807, 2.05) is 0 Å². The minimum Gasteiger partial charge on any atom is -0.258 e. The highest BCUT2D eigenvalue weighted by Crippen LogP contribution is 2.24. The lowest BCUT2D eigenvalue weighted by Gasteiger charge is -2.03. The summed E-state index contributed by atoms with van der Waals surface area (Å²) in [6.45, 7) is 0.285. The molecule has 2 aromatic rings. The topological polar surface area (TPSA) is 73.8 Å². The van der Waals surface area contributed by atoms with Crippen LogP contribution in [0.4, 0.5) is 5.69 Å². The van der Waals surface area contributed by atoms with Gasteiger partial charge in [-0.15, -0.1) is 16.7 Å². The highest BCUT2D eigenvalue weighted by molar-refractivity contribution is 9.10. The van der Waals surface area contributed by atoms with Gasteiger partial charge in [-0.3, -0.25) is 10.1 Å². The first-order valence-electron chi connectivity index (χ1n) is 4.98. The summed E-state index contributed by atoms with van der Waals surface area (Å²) in [6.07, 6.45) is 1.67. The van der Waals surface area contributed by atoms with Crippen LogP contribution in [0, 0.1) is 10.1 Å². The summed E-state index contributed by atoms with van der Waals surface area (Å²) in [6, 6.07) is 4.90. The Labute approximate surface area is 116 Å². The monoisotopic (exact) mass is 330 g/mol. The van der Waals surface area contributed by atoms with Gasteiger partial charge in [0, 0.05) is 10.5 Å². The van der Waals surface area contributed by atoms with Crippen LogP contribution < -0.4 is 0 Å². The lowest BCUT2D eigenvalue weighted by Crippen LogP contribution is -2.04. The van der Waals surface area contributed by atoms with E-state index in [2.05, 4.69) is 26.2 Å². The number of nitro benzene ring substituents is 1. The Morgan fingerprint density at radius 2 is 2.28 bits per heavy atom. The lowest BCUT2D eigenvalue weighted by atomic mass is 10.2. The zero-order valence-electron chi connectivity index (χ0n) is 9.08. The van der Waals surface area contributed by atoms with Crippen LogP contribution in [-0.2, 0) is 12.4 Å². The molecule has 1 aromatic heterocycles. The van der Waals surface area contributed by atoms with E-state index < -0.39 is 4.92 Å². The predicted molar refractivity (Wildman–Crippen MR) is 69.5 cm³/mol. The van der Waals surface area contributed by atoms with Crippen molar-refractivity contribution in [2.45, 2.75) is 12.4 Å². The molecule has 1 heterocycles. The molecule has 0 fully saturated rings. The number of halogens is 2. The molecule has 1 aromatic carbocycles. The molecule has 0 aliphatic heterocycles. The van der Waals surface area contributed by atoms with Gasteiger partial charge < -0.3 is 0 Å². The van der Waals surface area contributed by atoms with Gasteiger partial charge in [0.25, 0.3) is 5.69 Å². The number of alkyl halides is 1. The van der Waals surface area contributed by atoms with E-state index in [1.54, 1.807) is 18.3 Å². The van der Waals surface area contributed by atoms with Gasteiger partial charge in [-0.1, -0.05) is 21.1 Å². The Hall–Kier alpha value is -1.47. The first kappa shape index (κ1) is 13.0. The first-order chi connectivity index (χ1) is 8.60. The third-order valence-corrected chi connectivity index (χ3v) is 3.07. The maximum absolute atomic E-state index is 10.9. The van der Waals surface area contributed by atoms with Crippen molar-refractivity contribution >= 4 is 33.2 Å². The van der Waals surface area contributed by atoms with Gasteiger partial charge in [0.15, 0.2) is 0 Å². The van der Waals surface area contributed by atoms with Crippen LogP contribution in [0.15, 0.2) is 28.9 Å². The zero-order valence-corrected chi connectivity index (χ0v) is 11.4. The van der Waals surface area contributed by atoms with Crippen molar-refractivity contribution in [3.63, 3.8) is 0 Å². The minimum atomic E-state index is -0.417. The van der Waals surface area contributed by atoms with Crippen LogP contribution in [0.3, 0.4) is 0 Å². The number of benzene rings is 1. The van der Waals surface area contributed by atoms with Crippen molar-refractivity contribution in [2.75, 3.05) is 0 Å². The Morgan fingerprint density at radius 3 is 2.89 bits per heavy atom. The molecule has 0 aliphatic rings. The van der Waals surface area contributed by atoms with Gasteiger partial charge in [0.05, 0.1) is 34.8 Å². The van der Waals surface area contributed by atoms with Crippen molar-refractivity contribution in [1.29, 1.82) is 0 Å². The Kier molecular flexibility index (Phi) is 3.93. The second-order valence-corrected chi connectivity index (χ2v) is 4.75. The number of hydrogen-bond donors (Lipinski definition) is 0. The summed E-state index contributed by atoms with van der Waals surface area (Å²) in [7, 11) is 0. The Balaban J connectivity index is 2.30. The van der Waals surface area contributed by atoms with Crippen molar-refractivity contribution < 1.29 is 4.92 Å². The van der Waals surface area contributed by atoms with Crippen molar-refractivity contribution in [1.82, 2.24) is 15.0 Å². The molecule has 6 nitrogen and oxygen atoms in total. The molecule has 0 spiro atoms. The average Bonchev–Trinajstić information content (AvgIpc) is 2.79. The summed E-state index contributed by atoms with van der Waals surface area (Å²) < 4.78 is 2.19. The Morgan fingerprint density at radius 1 is 1.50 bits per heavy atom. The summed E-state index contributed by atoms with van der Waals surface area (Å²) >= 11 is 8.82. The number of nitrogens with zero attached hydrogens (tertiary/aromatic N) is 4. The second-order valence-electron chi connectivity index (χ2n) is 3.57. The molecule has 8 heteroatoms. The summed E-state index contributed by atoms with van der Waals surface area (Å²) in [5, 5.41) is 18.6. The molecule has 0 amide bonds. The molecule has 0 aliphatic carbocycles. The summed E-state index contributed by atoms with van der Waals surface area (Å²) in [4.78, 5) is 10.5. The molecule has 0 atom stereocenters. The molecule has 2 rings (SSSR count). The maximum atomic E-state index is 10.9. The number of nitro groups is 1. The molecule has 0 saturated carbocycles. The highest BCUT2D eigenvalue weighted by Gasteiger charge is 2.15. The fourth-order valence-electron chi connectivity index (χ4n) is 1.49. The number of aromatic nitrogens is 3. The molecule has 0 radical (unpaired) electrons. The van der Waals surface area contributed by atoms with E-state index in [0.29, 0.717) is 15.7 Å². The molecular weight excluding hydrogens is 323 g/mol. The molecule has 18 heavy (non-hydrogen) atoms. The Bertz CT molecular complexity index is 587. The van der Waals surface area contributed by atoms with E-state index in [4.69, 9.17) is 11.6 Å². The SMILES string of the molecule is O=[N+]([O-])c1cc(Br)ccc1Cn1cc(CCl)nn1. The fourth-order valence-corrected chi connectivity index (χ4v) is 1.96. The normalized spacial score (nSPS) is 10.6. The van der Waals surface area contributed by atoms with Gasteiger partial charge >= 0.3 is 0 Å². The van der Waals surface area contributed by atoms with E-state index in [0.717, 1.165) is 0 Å². The predicted octanol–water partition coefficient (Wildman–Crippen LogP) is 2.74. The van der Waals surface area contributed by atoms with E-state index in [1.165, 1.54) is 10.7 Å². The third kappa shape index (κ3) is 2.85. The lowest BCUT2D eigenvalue weighted by molar-refractivity contribution is -0.385.